The number of halogens is 2. The van der Waals surface area contributed by atoms with Crippen molar-refractivity contribution in [2.75, 3.05) is 5.32 Å². The molecule has 0 saturated carbocycles. The summed E-state index contributed by atoms with van der Waals surface area (Å²) >= 11 is 0. The number of hydrogen-bond acceptors (Lipinski definition) is 2. The van der Waals surface area contributed by atoms with E-state index in [1.807, 2.05) is 12.1 Å². The second-order valence-corrected chi connectivity index (χ2v) is 4.48. The first-order valence-electron chi connectivity index (χ1n) is 6.29. The molecule has 106 valence electrons. The third-order valence-electron chi connectivity index (χ3n) is 2.94. The standard InChI is InChI=1S/C16H12F2N2O/c17-13-6-7-14(18)15(9-13)20-16(21)12(10-19)8-11-4-2-1-3-5-11/h1-7,9,12H,8H2,(H,20,21). The van der Waals surface area contributed by atoms with Crippen LogP contribution in [0.15, 0.2) is 48.5 Å². The Morgan fingerprint density at radius 2 is 1.90 bits per heavy atom. The highest BCUT2D eigenvalue weighted by Crippen LogP contribution is 2.17. The largest absolute Gasteiger partial charge is 0.322 e. The maximum atomic E-state index is 13.5. The van der Waals surface area contributed by atoms with Crippen LogP contribution in [0.1, 0.15) is 5.56 Å². The second-order valence-electron chi connectivity index (χ2n) is 4.48. The van der Waals surface area contributed by atoms with Crippen molar-refractivity contribution >= 4 is 11.6 Å². The number of benzene rings is 2. The molecule has 2 aromatic carbocycles. The van der Waals surface area contributed by atoms with Crippen LogP contribution in [0.5, 0.6) is 0 Å². The van der Waals surface area contributed by atoms with Crippen LogP contribution in [0.25, 0.3) is 0 Å². The minimum Gasteiger partial charge on any atom is -0.322 e. The molecular formula is C16H12F2N2O. The summed E-state index contributed by atoms with van der Waals surface area (Å²) in [5, 5.41) is 11.3. The molecular weight excluding hydrogens is 274 g/mol. The molecule has 1 N–H and O–H groups in total. The van der Waals surface area contributed by atoms with Gasteiger partial charge in [-0.25, -0.2) is 8.78 Å². The van der Waals surface area contributed by atoms with Crippen LogP contribution in [-0.4, -0.2) is 5.91 Å². The molecule has 1 unspecified atom stereocenters. The maximum Gasteiger partial charge on any atom is 0.242 e. The fourth-order valence-corrected chi connectivity index (χ4v) is 1.86. The zero-order chi connectivity index (χ0) is 15.2. The van der Waals surface area contributed by atoms with Crippen LogP contribution in [0.3, 0.4) is 0 Å². The van der Waals surface area contributed by atoms with Gasteiger partial charge in [-0.1, -0.05) is 30.3 Å². The van der Waals surface area contributed by atoms with E-state index in [0.717, 1.165) is 23.8 Å². The number of hydrogen-bond donors (Lipinski definition) is 1. The number of carbonyl (C=O) groups is 1. The predicted octanol–water partition coefficient (Wildman–Crippen LogP) is 3.29. The topological polar surface area (TPSA) is 52.9 Å². The van der Waals surface area contributed by atoms with Crippen LogP contribution in [-0.2, 0) is 11.2 Å². The molecule has 1 atom stereocenters. The first-order chi connectivity index (χ1) is 10.1. The van der Waals surface area contributed by atoms with Crippen molar-refractivity contribution < 1.29 is 13.6 Å². The molecule has 0 heterocycles. The Hall–Kier alpha value is -2.74. The first kappa shape index (κ1) is 14.7. The third kappa shape index (κ3) is 3.86. The molecule has 0 radical (unpaired) electrons. The Morgan fingerprint density at radius 3 is 2.57 bits per heavy atom. The summed E-state index contributed by atoms with van der Waals surface area (Å²) in [6.07, 6.45) is 0.208. The Morgan fingerprint density at radius 1 is 1.19 bits per heavy atom. The van der Waals surface area contributed by atoms with Crippen molar-refractivity contribution in [2.45, 2.75) is 6.42 Å². The van der Waals surface area contributed by atoms with Gasteiger partial charge >= 0.3 is 0 Å². The number of anilines is 1. The van der Waals surface area contributed by atoms with Gasteiger partial charge < -0.3 is 5.32 Å². The van der Waals surface area contributed by atoms with Gasteiger partial charge in [-0.3, -0.25) is 4.79 Å². The average Bonchev–Trinajstić information content (AvgIpc) is 2.49. The van der Waals surface area contributed by atoms with Gasteiger partial charge in [0.05, 0.1) is 11.8 Å². The van der Waals surface area contributed by atoms with E-state index in [9.17, 15) is 13.6 Å². The third-order valence-corrected chi connectivity index (χ3v) is 2.94. The van der Waals surface area contributed by atoms with Gasteiger partial charge in [0.1, 0.15) is 17.6 Å². The van der Waals surface area contributed by atoms with E-state index in [0.29, 0.717) is 0 Å². The second kappa shape index (κ2) is 6.62. The van der Waals surface area contributed by atoms with Gasteiger partial charge in [-0.05, 0) is 24.1 Å². The quantitative estimate of drug-likeness (QED) is 0.937. The number of nitriles is 1. The summed E-state index contributed by atoms with van der Waals surface area (Å²) in [4.78, 5) is 12.0. The number of carbonyl (C=O) groups excluding carboxylic acids is 1. The van der Waals surface area contributed by atoms with Crippen molar-refractivity contribution in [1.82, 2.24) is 0 Å². The van der Waals surface area contributed by atoms with Crippen LogP contribution < -0.4 is 5.32 Å². The average molecular weight is 286 g/mol. The molecule has 0 saturated heterocycles. The molecule has 0 bridgehead atoms. The zero-order valence-corrected chi connectivity index (χ0v) is 11.0. The molecule has 2 aromatic rings. The van der Waals surface area contributed by atoms with Crippen LogP contribution in [0.2, 0.25) is 0 Å². The van der Waals surface area contributed by atoms with E-state index < -0.39 is 23.5 Å². The molecule has 0 aliphatic rings. The van der Waals surface area contributed by atoms with Gasteiger partial charge in [0.15, 0.2) is 0 Å². The van der Waals surface area contributed by atoms with Crippen molar-refractivity contribution in [1.29, 1.82) is 5.26 Å². The van der Waals surface area contributed by atoms with Crippen LogP contribution in [0.4, 0.5) is 14.5 Å². The van der Waals surface area contributed by atoms with Gasteiger partial charge in [0, 0.05) is 6.07 Å². The smallest absolute Gasteiger partial charge is 0.242 e. The molecule has 2 rings (SSSR count). The lowest BCUT2D eigenvalue weighted by Gasteiger charge is -2.11. The summed E-state index contributed by atoms with van der Waals surface area (Å²) in [5.74, 6) is -3.05. The molecule has 0 aromatic heterocycles. The molecule has 0 spiro atoms. The van der Waals surface area contributed by atoms with E-state index in [1.165, 1.54) is 0 Å². The SMILES string of the molecule is N#CC(Cc1ccccc1)C(=O)Nc1cc(F)ccc1F. The zero-order valence-electron chi connectivity index (χ0n) is 11.0. The highest BCUT2D eigenvalue weighted by Gasteiger charge is 2.19. The minimum absolute atomic E-state index is 0.208. The van der Waals surface area contributed by atoms with Gasteiger partial charge in [0.2, 0.25) is 5.91 Å². The molecule has 21 heavy (non-hydrogen) atoms. The van der Waals surface area contributed by atoms with Gasteiger partial charge in [-0.15, -0.1) is 0 Å². The van der Waals surface area contributed by atoms with Crippen LogP contribution in [0, 0.1) is 28.9 Å². The van der Waals surface area contributed by atoms with E-state index in [4.69, 9.17) is 5.26 Å². The van der Waals surface area contributed by atoms with Gasteiger partial charge in [0.25, 0.3) is 0 Å². The van der Waals surface area contributed by atoms with E-state index in [-0.39, 0.29) is 12.1 Å². The lowest BCUT2D eigenvalue weighted by molar-refractivity contribution is -0.118. The molecule has 0 aliphatic carbocycles. The van der Waals surface area contributed by atoms with E-state index in [1.54, 1.807) is 24.3 Å². The number of amides is 1. The van der Waals surface area contributed by atoms with E-state index >= 15 is 0 Å². The lowest BCUT2D eigenvalue weighted by Crippen LogP contribution is -2.24. The Bertz CT molecular complexity index is 680. The van der Waals surface area contributed by atoms with Crippen molar-refractivity contribution in [3.8, 4) is 6.07 Å². The van der Waals surface area contributed by atoms with Crippen LogP contribution >= 0.6 is 0 Å². The van der Waals surface area contributed by atoms with Crippen molar-refractivity contribution in [3.05, 3.63) is 65.7 Å². The summed E-state index contributed by atoms with van der Waals surface area (Å²) < 4.78 is 26.5. The number of rotatable bonds is 4. The Kier molecular flexibility index (Phi) is 4.62. The maximum absolute atomic E-state index is 13.5. The summed E-state index contributed by atoms with van der Waals surface area (Å²) in [6.45, 7) is 0. The Labute approximate surface area is 120 Å². The first-order valence-corrected chi connectivity index (χ1v) is 6.29. The summed E-state index contributed by atoms with van der Waals surface area (Å²) in [5.41, 5.74) is 0.548. The fourth-order valence-electron chi connectivity index (χ4n) is 1.86. The predicted molar refractivity (Wildman–Crippen MR) is 74.2 cm³/mol. The van der Waals surface area contributed by atoms with Crippen molar-refractivity contribution in [2.24, 2.45) is 5.92 Å². The van der Waals surface area contributed by atoms with Crippen molar-refractivity contribution in [3.63, 3.8) is 0 Å². The van der Waals surface area contributed by atoms with Gasteiger partial charge in [-0.2, -0.15) is 5.26 Å². The monoisotopic (exact) mass is 286 g/mol. The minimum atomic E-state index is -0.977. The number of nitrogens with zero attached hydrogens (tertiary/aromatic N) is 1. The van der Waals surface area contributed by atoms with E-state index in [2.05, 4.69) is 5.32 Å². The molecule has 3 nitrogen and oxygen atoms in total. The molecule has 5 heteroatoms. The lowest BCUT2D eigenvalue weighted by atomic mass is 10.00. The number of nitrogens with one attached hydrogen (secondary N) is 1. The normalized spacial score (nSPS) is 11.5. The molecule has 0 fully saturated rings. The summed E-state index contributed by atoms with van der Waals surface area (Å²) in [6, 6.07) is 13.6. The Balaban J connectivity index is 2.10. The highest BCUT2D eigenvalue weighted by atomic mass is 19.1. The fraction of sp³-hybridized carbons (Fsp3) is 0.125. The highest BCUT2D eigenvalue weighted by molar-refractivity contribution is 5.94. The summed E-state index contributed by atoms with van der Waals surface area (Å²) in [7, 11) is 0. The molecule has 0 aliphatic heterocycles. The molecule has 1 amide bonds.